The number of unbranched alkanes of at least 4 members (excludes halogenated alkanes) is 1. The third-order valence-electron chi connectivity index (χ3n) is 5.26. The van der Waals surface area contributed by atoms with Crippen LogP contribution in [0, 0.1) is 11.3 Å². The number of hydrogen-bond acceptors (Lipinski definition) is 5. The molecule has 2 aromatic rings. The molecule has 1 fully saturated rings. The Labute approximate surface area is 169 Å². The molecule has 0 unspecified atom stereocenters. The molecule has 0 bridgehead atoms. The molecule has 0 saturated carbocycles. The number of azide groups is 1. The van der Waals surface area contributed by atoms with Gasteiger partial charge in [0, 0.05) is 23.7 Å². The molecule has 0 aromatic heterocycles. The molecule has 3 rings (SSSR count). The van der Waals surface area contributed by atoms with Crippen LogP contribution in [0.4, 0.5) is 5.69 Å². The number of carbonyl (C=O) groups is 1. The van der Waals surface area contributed by atoms with Gasteiger partial charge >= 0.3 is 0 Å². The second-order valence-corrected chi connectivity index (χ2v) is 7.32. The van der Waals surface area contributed by atoms with Crippen molar-refractivity contribution in [2.75, 3.05) is 18.4 Å². The molecule has 8 heteroatoms. The van der Waals surface area contributed by atoms with Gasteiger partial charge in [-0.3, -0.25) is 4.79 Å². The summed E-state index contributed by atoms with van der Waals surface area (Å²) in [6, 6.07) is 15.0. The van der Waals surface area contributed by atoms with Crippen LogP contribution in [-0.2, 0) is 4.79 Å². The third kappa shape index (κ3) is 5.17. The summed E-state index contributed by atoms with van der Waals surface area (Å²) in [5.74, 6) is -0.241. The second-order valence-electron chi connectivity index (χ2n) is 7.32. The van der Waals surface area contributed by atoms with E-state index in [0.717, 1.165) is 25.1 Å². The molecule has 1 aliphatic rings. The highest BCUT2D eigenvalue weighted by atomic mass is 16.2. The van der Waals surface area contributed by atoms with Crippen LogP contribution in [-0.4, -0.2) is 42.0 Å². The predicted molar refractivity (Wildman–Crippen MR) is 113 cm³/mol. The zero-order valence-electron chi connectivity index (χ0n) is 16.2. The van der Waals surface area contributed by atoms with Gasteiger partial charge in [0.15, 0.2) is 0 Å². The van der Waals surface area contributed by atoms with Crippen molar-refractivity contribution in [1.29, 1.82) is 5.26 Å². The first-order chi connectivity index (χ1) is 14.1. The minimum atomic E-state index is -0.642. The molecule has 8 nitrogen and oxygen atoms in total. The molecule has 1 heterocycles. The Balaban J connectivity index is 1.42. The lowest BCUT2D eigenvalue weighted by Gasteiger charge is -2.23. The van der Waals surface area contributed by atoms with Gasteiger partial charge in [0.25, 0.3) is 0 Å². The third-order valence-corrected chi connectivity index (χ3v) is 5.26. The molecule has 0 aliphatic carbocycles. The summed E-state index contributed by atoms with van der Waals surface area (Å²) in [4.78, 5) is 16.8. The average Bonchev–Trinajstić information content (AvgIpc) is 3.16. The first-order valence-electron chi connectivity index (χ1n) is 9.85. The van der Waals surface area contributed by atoms with E-state index in [1.807, 2.05) is 12.1 Å². The first-order valence-corrected chi connectivity index (χ1v) is 9.85. The van der Waals surface area contributed by atoms with Gasteiger partial charge in [-0.2, -0.15) is 5.26 Å². The van der Waals surface area contributed by atoms with Gasteiger partial charge in [-0.15, -0.1) is 0 Å². The Hall–Kier alpha value is -3.27. The minimum absolute atomic E-state index is 0.241. The van der Waals surface area contributed by atoms with Crippen LogP contribution in [0.5, 0.6) is 0 Å². The lowest BCUT2D eigenvalue weighted by Crippen LogP contribution is -2.45. The van der Waals surface area contributed by atoms with Crippen molar-refractivity contribution >= 4 is 22.4 Å². The highest BCUT2D eigenvalue weighted by molar-refractivity contribution is 5.85. The van der Waals surface area contributed by atoms with Crippen LogP contribution >= 0.6 is 0 Å². The molecule has 1 aliphatic heterocycles. The van der Waals surface area contributed by atoms with Crippen LogP contribution in [0.3, 0.4) is 0 Å². The molecule has 2 aromatic carbocycles. The number of amides is 1. The van der Waals surface area contributed by atoms with Crippen molar-refractivity contribution in [1.82, 2.24) is 4.90 Å². The largest absolute Gasteiger partial charge is 0.385 e. The summed E-state index contributed by atoms with van der Waals surface area (Å²) in [6.07, 6.45) is 2.61. The summed E-state index contributed by atoms with van der Waals surface area (Å²) in [5, 5.41) is 18.7. The van der Waals surface area contributed by atoms with Crippen LogP contribution in [0.25, 0.3) is 21.2 Å². The maximum absolute atomic E-state index is 12.6. The lowest BCUT2D eigenvalue weighted by molar-refractivity contribution is -0.132. The van der Waals surface area contributed by atoms with E-state index in [0.29, 0.717) is 12.8 Å². The number of rotatable bonds is 8. The molecule has 1 saturated heterocycles. The van der Waals surface area contributed by atoms with Gasteiger partial charge in [0.2, 0.25) is 5.91 Å². The number of nitrogens with one attached hydrogen (secondary N) is 1. The second kappa shape index (κ2) is 9.78. The molecule has 1 amide bonds. The van der Waals surface area contributed by atoms with Crippen molar-refractivity contribution in [3.05, 3.63) is 52.9 Å². The fourth-order valence-electron chi connectivity index (χ4n) is 3.69. The normalized spacial score (nSPS) is 19.4. The van der Waals surface area contributed by atoms with Crippen molar-refractivity contribution in [2.24, 2.45) is 10.8 Å². The number of likely N-dealkylation sites (tertiary alicyclic amines) is 1. The zero-order chi connectivity index (χ0) is 20.6. The number of hydrogen-bond donors (Lipinski definition) is 2. The molecule has 0 radical (unpaired) electrons. The smallest absolute Gasteiger partial charge is 0.240 e. The standard InChI is InChI=1S/C21H25N7O/c22-13-19-12-18(26-27-24)14-28(19)21(29)20(23)7-3-4-10-25-17-9-8-15-5-1-2-6-16(15)11-17/h1-2,5-6,8-9,11,18-20,25H,3-4,7,10,12,14,23H2/t18-,19-,20-/m0/s1. The summed E-state index contributed by atoms with van der Waals surface area (Å²) in [5.41, 5.74) is 15.7. The zero-order valence-corrected chi connectivity index (χ0v) is 16.2. The lowest BCUT2D eigenvalue weighted by atomic mass is 10.1. The van der Waals surface area contributed by atoms with Gasteiger partial charge in [-0.25, -0.2) is 0 Å². The summed E-state index contributed by atoms with van der Waals surface area (Å²) in [7, 11) is 0. The number of fused-ring (bicyclic) bond motifs is 1. The number of nitrogens with zero attached hydrogens (tertiary/aromatic N) is 5. The number of nitrogens with two attached hydrogens (primary N) is 1. The van der Waals surface area contributed by atoms with Crippen LogP contribution in [0.15, 0.2) is 47.6 Å². The van der Waals surface area contributed by atoms with Gasteiger partial charge < -0.3 is 16.0 Å². The van der Waals surface area contributed by atoms with E-state index < -0.39 is 12.1 Å². The topological polar surface area (TPSA) is 131 Å². The molecule has 29 heavy (non-hydrogen) atoms. The Kier molecular flexibility index (Phi) is 6.90. The summed E-state index contributed by atoms with van der Waals surface area (Å²) >= 11 is 0. The number of anilines is 1. The molecular weight excluding hydrogens is 366 g/mol. The summed E-state index contributed by atoms with van der Waals surface area (Å²) < 4.78 is 0. The average molecular weight is 391 g/mol. The van der Waals surface area contributed by atoms with Crippen molar-refractivity contribution in [3.63, 3.8) is 0 Å². The van der Waals surface area contributed by atoms with E-state index in [9.17, 15) is 10.1 Å². The maximum atomic E-state index is 12.6. The van der Waals surface area contributed by atoms with Crippen LogP contribution in [0.1, 0.15) is 25.7 Å². The first kappa shape index (κ1) is 20.5. The van der Waals surface area contributed by atoms with Crippen LogP contribution in [0.2, 0.25) is 0 Å². The van der Waals surface area contributed by atoms with Gasteiger partial charge in [-0.1, -0.05) is 35.4 Å². The quantitative estimate of drug-likeness (QED) is 0.308. The number of carbonyl (C=O) groups excluding carboxylic acids is 1. The van der Waals surface area contributed by atoms with E-state index >= 15 is 0 Å². The fraction of sp³-hybridized carbons (Fsp3) is 0.429. The Morgan fingerprint density at radius 2 is 2.14 bits per heavy atom. The molecule has 3 N–H and O–H groups in total. The van der Waals surface area contributed by atoms with Gasteiger partial charge in [0.1, 0.15) is 6.04 Å². The maximum Gasteiger partial charge on any atom is 0.240 e. The number of nitriles is 1. The Morgan fingerprint density at radius 1 is 1.34 bits per heavy atom. The van der Waals surface area contributed by atoms with E-state index in [1.54, 1.807) is 0 Å². The van der Waals surface area contributed by atoms with E-state index in [-0.39, 0.29) is 18.5 Å². The van der Waals surface area contributed by atoms with Crippen molar-refractivity contribution in [2.45, 2.75) is 43.8 Å². The van der Waals surface area contributed by atoms with Crippen molar-refractivity contribution in [3.8, 4) is 6.07 Å². The highest BCUT2D eigenvalue weighted by Gasteiger charge is 2.36. The number of benzene rings is 2. The fourth-order valence-corrected chi connectivity index (χ4v) is 3.69. The molecule has 0 spiro atoms. The molecular formula is C21H25N7O. The van der Waals surface area contributed by atoms with E-state index in [1.165, 1.54) is 15.7 Å². The van der Waals surface area contributed by atoms with Crippen LogP contribution < -0.4 is 11.1 Å². The van der Waals surface area contributed by atoms with Crippen molar-refractivity contribution < 1.29 is 4.79 Å². The SMILES string of the molecule is N#C[C@@H]1C[C@H](N=[N+]=[N-])CN1C(=O)[C@@H](N)CCCCNc1ccc2ccccc2c1. The Morgan fingerprint density at radius 3 is 2.90 bits per heavy atom. The van der Waals surface area contributed by atoms with Gasteiger partial charge in [-0.05, 0) is 54.1 Å². The molecule has 3 atom stereocenters. The Bertz CT molecular complexity index is 947. The highest BCUT2D eigenvalue weighted by Crippen LogP contribution is 2.22. The summed E-state index contributed by atoms with van der Waals surface area (Å²) in [6.45, 7) is 1.06. The van der Waals surface area contributed by atoms with Gasteiger partial charge in [0.05, 0.1) is 18.2 Å². The van der Waals surface area contributed by atoms with E-state index in [2.05, 4.69) is 51.7 Å². The minimum Gasteiger partial charge on any atom is -0.385 e. The van der Waals surface area contributed by atoms with E-state index in [4.69, 9.17) is 11.3 Å². The predicted octanol–water partition coefficient (Wildman–Crippen LogP) is 3.55. The molecule has 150 valence electrons. The monoisotopic (exact) mass is 391 g/mol.